The maximum atomic E-state index is 13.6. The van der Waals surface area contributed by atoms with Crippen LogP contribution in [0.15, 0.2) is 34.7 Å². The Morgan fingerprint density at radius 2 is 2.00 bits per heavy atom. The molecule has 0 aliphatic rings. The van der Waals surface area contributed by atoms with E-state index in [4.69, 9.17) is 9.52 Å². The third kappa shape index (κ3) is 3.70. The van der Waals surface area contributed by atoms with Gasteiger partial charge < -0.3 is 19.7 Å². The predicted octanol–water partition coefficient (Wildman–Crippen LogP) is 2.43. The van der Waals surface area contributed by atoms with E-state index >= 15 is 0 Å². The van der Waals surface area contributed by atoms with E-state index in [1.807, 2.05) is 19.0 Å². The molecule has 0 atom stereocenters. The Balaban J connectivity index is 2.16. The minimum Gasteiger partial charge on any atom is -0.478 e. The number of anilines is 1. The van der Waals surface area contributed by atoms with Gasteiger partial charge in [-0.2, -0.15) is 0 Å². The number of benzene rings is 1. The molecule has 0 unspecified atom stereocenters. The number of carboxylic acid groups (broad SMARTS) is 1. The maximum absolute atomic E-state index is 13.6. The summed E-state index contributed by atoms with van der Waals surface area (Å²) in [6.45, 7) is 0.524. The van der Waals surface area contributed by atoms with Gasteiger partial charge >= 0.3 is 5.97 Å². The average molecular weight is 306 g/mol. The Hall–Kier alpha value is -2.67. The molecule has 0 fully saturated rings. The van der Waals surface area contributed by atoms with Crippen molar-refractivity contribution < 1.29 is 23.5 Å². The molecule has 6 nitrogen and oxygen atoms in total. The van der Waals surface area contributed by atoms with E-state index < -0.39 is 17.7 Å². The van der Waals surface area contributed by atoms with Crippen molar-refractivity contribution in [2.24, 2.45) is 0 Å². The van der Waals surface area contributed by atoms with Crippen molar-refractivity contribution in [3.8, 4) is 0 Å². The lowest BCUT2D eigenvalue weighted by Gasteiger charge is -2.07. The fraction of sp³-hybridized carbons (Fsp3) is 0.200. The summed E-state index contributed by atoms with van der Waals surface area (Å²) < 4.78 is 19.0. The minimum absolute atomic E-state index is 0.0250. The zero-order valence-corrected chi connectivity index (χ0v) is 12.1. The highest BCUT2D eigenvalue weighted by Crippen LogP contribution is 2.18. The molecule has 0 spiro atoms. The summed E-state index contributed by atoms with van der Waals surface area (Å²) in [5.41, 5.74) is -0.333. The van der Waals surface area contributed by atoms with Crippen LogP contribution in [-0.2, 0) is 6.54 Å². The lowest BCUT2D eigenvalue weighted by molar-refractivity contribution is 0.0696. The van der Waals surface area contributed by atoms with Crippen LogP contribution < -0.4 is 5.32 Å². The summed E-state index contributed by atoms with van der Waals surface area (Å²) >= 11 is 0. The van der Waals surface area contributed by atoms with Crippen LogP contribution in [0.1, 0.15) is 26.7 Å². The molecular weight excluding hydrogens is 291 g/mol. The molecule has 22 heavy (non-hydrogen) atoms. The zero-order chi connectivity index (χ0) is 16.3. The second-order valence-corrected chi connectivity index (χ2v) is 4.96. The van der Waals surface area contributed by atoms with E-state index in [2.05, 4.69) is 5.32 Å². The van der Waals surface area contributed by atoms with Gasteiger partial charge in [-0.3, -0.25) is 4.79 Å². The quantitative estimate of drug-likeness (QED) is 0.886. The molecule has 0 radical (unpaired) electrons. The van der Waals surface area contributed by atoms with Crippen LogP contribution in [0.5, 0.6) is 0 Å². The summed E-state index contributed by atoms with van der Waals surface area (Å²) in [5.74, 6) is -1.96. The smallest absolute Gasteiger partial charge is 0.335 e. The Morgan fingerprint density at radius 3 is 2.64 bits per heavy atom. The number of hydrogen-bond acceptors (Lipinski definition) is 4. The SMILES string of the molecule is CN(C)Cc1ccc(C(=O)Nc2cc(C(=O)O)ccc2F)o1. The Labute approximate surface area is 126 Å². The van der Waals surface area contributed by atoms with Crippen molar-refractivity contribution in [1.82, 2.24) is 4.90 Å². The summed E-state index contributed by atoms with van der Waals surface area (Å²) in [4.78, 5) is 24.8. The highest BCUT2D eigenvalue weighted by atomic mass is 19.1. The number of hydrogen-bond donors (Lipinski definition) is 2. The highest BCUT2D eigenvalue weighted by Gasteiger charge is 2.15. The third-order valence-electron chi connectivity index (χ3n) is 2.82. The van der Waals surface area contributed by atoms with Crippen molar-refractivity contribution in [3.63, 3.8) is 0 Å². The maximum Gasteiger partial charge on any atom is 0.335 e. The van der Waals surface area contributed by atoms with E-state index in [1.165, 1.54) is 6.07 Å². The van der Waals surface area contributed by atoms with Gasteiger partial charge in [-0.25, -0.2) is 9.18 Å². The van der Waals surface area contributed by atoms with Gasteiger partial charge in [-0.05, 0) is 44.4 Å². The number of furan rings is 1. The van der Waals surface area contributed by atoms with Gasteiger partial charge in [-0.15, -0.1) is 0 Å². The summed E-state index contributed by atoms with van der Waals surface area (Å²) in [6, 6.07) is 6.29. The molecular formula is C15H15FN2O4. The second kappa shape index (κ2) is 6.40. The van der Waals surface area contributed by atoms with Crippen molar-refractivity contribution in [2.75, 3.05) is 19.4 Å². The number of nitrogens with one attached hydrogen (secondary N) is 1. The van der Waals surface area contributed by atoms with E-state index in [9.17, 15) is 14.0 Å². The molecule has 2 aromatic rings. The van der Waals surface area contributed by atoms with Crippen molar-refractivity contribution in [3.05, 3.63) is 53.2 Å². The zero-order valence-electron chi connectivity index (χ0n) is 12.1. The van der Waals surface area contributed by atoms with E-state index in [1.54, 1.807) is 6.07 Å². The van der Waals surface area contributed by atoms with Crippen molar-refractivity contribution in [1.29, 1.82) is 0 Å². The van der Waals surface area contributed by atoms with Crippen LogP contribution in [0, 0.1) is 5.82 Å². The molecule has 1 heterocycles. The second-order valence-electron chi connectivity index (χ2n) is 4.96. The number of amides is 1. The number of aromatic carboxylic acids is 1. The summed E-state index contributed by atoms with van der Waals surface area (Å²) in [7, 11) is 3.71. The molecule has 116 valence electrons. The number of carbonyl (C=O) groups is 2. The fourth-order valence-electron chi connectivity index (χ4n) is 1.83. The lowest BCUT2D eigenvalue weighted by atomic mass is 10.2. The summed E-state index contributed by atoms with van der Waals surface area (Å²) in [6.07, 6.45) is 0. The van der Waals surface area contributed by atoms with Gasteiger partial charge in [-0.1, -0.05) is 0 Å². The number of nitrogens with zero attached hydrogens (tertiary/aromatic N) is 1. The monoisotopic (exact) mass is 306 g/mol. The molecule has 1 amide bonds. The van der Waals surface area contributed by atoms with E-state index in [0.717, 1.165) is 18.2 Å². The van der Waals surface area contributed by atoms with Crippen LogP contribution >= 0.6 is 0 Å². The molecule has 0 saturated heterocycles. The largest absolute Gasteiger partial charge is 0.478 e. The molecule has 0 bridgehead atoms. The van der Waals surface area contributed by atoms with Crippen LogP contribution in [0.3, 0.4) is 0 Å². The molecule has 1 aromatic carbocycles. The Kier molecular flexibility index (Phi) is 4.57. The highest BCUT2D eigenvalue weighted by molar-refractivity contribution is 6.03. The van der Waals surface area contributed by atoms with Gasteiger partial charge in [0.1, 0.15) is 11.6 Å². The fourth-order valence-corrected chi connectivity index (χ4v) is 1.83. The molecule has 0 aliphatic carbocycles. The molecule has 2 N–H and O–H groups in total. The van der Waals surface area contributed by atoms with Gasteiger partial charge in [0, 0.05) is 0 Å². The van der Waals surface area contributed by atoms with Gasteiger partial charge in [0.05, 0.1) is 17.8 Å². The lowest BCUT2D eigenvalue weighted by Crippen LogP contribution is -2.13. The molecule has 2 rings (SSSR count). The van der Waals surface area contributed by atoms with Crippen LogP contribution in [-0.4, -0.2) is 36.0 Å². The van der Waals surface area contributed by atoms with Gasteiger partial charge in [0.25, 0.3) is 5.91 Å². The topological polar surface area (TPSA) is 82.8 Å². The van der Waals surface area contributed by atoms with Gasteiger partial charge in [0.15, 0.2) is 5.76 Å². The molecule has 0 saturated carbocycles. The summed E-state index contributed by atoms with van der Waals surface area (Å²) in [5, 5.41) is 11.2. The van der Waals surface area contributed by atoms with E-state index in [0.29, 0.717) is 12.3 Å². The van der Waals surface area contributed by atoms with Gasteiger partial charge in [0.2, 0.25) is 0 Å². The third-order valence-corrected chi connectivity index (χ3v) is 2.82. The number of carboxylic acids is 1. The first-order valence-electron chi connectivity index (χ1n) is 6.44. The number of carbonyl (C=O) groups excluding carboxylic acids is 1. The van der Waals surface area contributed by atoms with Crippen LogP contribution in [0.2, 0.25) is 0 Å². The Morgan fingerprint density at radius 1 is 1.27 bits per heavy atom. The van der Waals surface area contributed by atoms with Crippen LogP contribution in [0.25, 0.3) is 0 Å². The molecule has 1 aromatic heterocycles. The van der Waals surface area contributed by atoms with E-state index in [-0.39, 0.29) is 17.0 Å². The average Bonchev–Trinajstić information content (AvgIpc) is 2.88. The first kappa shape index (κ1) is 15.7. The predicted molar refractivity (Wildman–Crippen MR) is 77.4 cm³/mol. The van der Waals surface area contributed by atoms with Crippen LogP contribution in [0.4, 0.5) is 10.1 Å². The first-order valence-corrected chi connectivity index (χ1v) is 6.44. The van der Waals surface area contributed by atoms with Crippen molar-refractivity contribution >= 4 is 17.6 Å². The molecule has 0 aliphatic heterocycles. The number of halogens is 1. The minimum atomic E-state index is -1.21. The molecule has 7 heteroatoms. The van der Waals surface area contributed by atoms with Crippen molar-refractivity contribution in [2.45, 2.75) is 6.54 Å². The first-order chi connectivity index (χ1) is 10.4. The number of rotatable bonds is 5. The normalized spacial score (nSPS) is 10.7. The Bertz CT molecular complexity index is 709. The standard InChI is InChI=1S/C15H15FN2O4/c1-18(2)8-10-4-6-13(22-10)14(19)17-12-7-9(15(20)21)3-5-11(12)16/h3-7H,8H2,1-2H3,(H,17,19)(H,20,21).